The average Bonchev–Trinajstić information content (AvgIpc) is 1.82. The van der Waals surface area contributed by atoms with Crippen LogP contribution in [0.15, 0.2) is 36.5 Å². The van der Waals surface area contributed by atoms with E-state index in [0.29, 0.717) is 5.92 Å². The largest absolute Gasteiger partial charge is 0.0961 e. The first-order valence-electron chi connectivity index (χ1n) is 3.56. The zero-order chi connectivity index (χ0) is 8.15. The van der Waals surface area contributed by atoms with Crippen LogP contribution >= 0.6 is 0 Å². The van der Waals surface area contributed by atoms with Crippen molar-refractivity contribution in [3.63, 3.8) is 0 Å². The monoisotopic (exact) mass is 152 g/mol. The highest BCUT2D eigenvalue weighted by atomic mass is 14.0. The van der Waals surface area contributed by atoms with Crippen molar-refractivity contribution in [2.24, 2.45) is 5.92 Å². The molecule has 0 spiro atoms. The molecule has 0 atom stereocenters. The number of allylic oxidation sites excluding steroid dienone is 4. The van der Waals surface area contributed by atoms with Gasteiger partial charge in [0.15, 0.2) is 0 Å². The zero-order valence-electron chi connectivity index (χ0n) is 7.15. The fraction of sp³-hybridized carbons (Fsp3) is 0.455. The molecule has 0 aromatic rings. The Bertz CT molecular complexity index is 159. The van der Waals surface area contributed by atoms with Crippen LogP contribution < -0.4 is 0 Å². The molecular weight excluding hydrogens is 132 g/mol. The van der Waals surface area contributed by atoms with Crippen LogP contribution in [0.1, 0.15) is 28.2 Å². The molecule has 0 bridgehead atoms. The second kappa shape index (κ2) is 5.96. The summed E-state index contributed by atoms with van der Waals surface area (Å²) in [7, 11) is 0. The minimum Gasteiger partial charge on any atom is -0.0961 e. The number of rotatable bonds is 3. The predicted molar refractivity (Wildman–Crippen MR) is 54.7 cm³/mol. The minimum atomic E-state index is 0. The third-order valence-corrected chi connectivity index (χ3v) is 1.32. The molecule has 0 saturated heterocycles. The van der Waals surface area contributed by atoms with Crippen molar-refractivity contribution in [2.75, 3.05) is 0 Å². The second-order valence-electron chi connectivity index (χ2n) is 2.91. The minimum absolute atomic E-state index is 0. The molecule has 0 aromatic carbocycles. The van der Waals surface area contributed by atoms with Crippen molar-refractivity contribution in [3.8, 4) is 0 Å². The molecule has 0 amide bonds. The molecule has 0 N–H and O–H groups in total. The van der Waals surface area contributed by atoms with E-state index in [1.54, 1.807) is 0 Å². The Morgan fingerprint density at radius 2 is 1.64 bits per heavy atom. The van der Waals surface area contributed by atoms with Gasteiger partial charge in [-0.15, -0.1) is 0 Å². The molecule has 11 heavy (non-hydrogen) atoms. The van der Waals surface area contributed by atoms with Crippen molar-refractivity contribution >= 4 is 0 Å². The van der Waals surface area contributed by atoms with Crippen LogP contribution in [0.25, 0.3) is 0 Å². The molecule has 0 saturated carbocycles. The third-order valence-electron chi connectivity index (χ3n) is 1.32. The quantitative estimate of drug-likeness (QED) is 0.537. The second-order valence-corrected chi connectivity index (χ2v) is 2.91. The molecule has 64 valence electrons. The Morgan fingerprint density at radius 1 is 1.18 bits per heavy atom. The number of hydrogen-bond acceptors (Lipinski definition) is 0. The van der Waals surface area contributed by atoms with Crippen molar-refractivity contribution in [1.29, 1.82) is 0 Å². The van der Waals surface area contributed by atoms with Gasteiger partial charge in [0.05, 0.1) is 0 Å². The van der Waals surface area contributed by atoms with E-state index in [4.69, 9.17) is 0 Å². The van der Waals surface area contributed by atoms with Gasteiger partial charge in [-0.25, -0.2) is 0 Å². The Balaban J connectivity index is 0. The topological polar surface area (TPSA) is 0 Å². The first-order chi connectivity index (χ1) is 4.54. The van der Waals surface area contributed by atoms with E-state index in [-0.39, 0.29) is 7.43 Å². The first kappa shape index (κ1) is 12.9. The van der Waals surface area contributed by atoms with Crippen LogP contribution in [0.4, 0.5) is 0 Å². The molecule has 0 aliphatic heterocycles. The molecule has 0 fully saturated rings. The highest BCUT2D eigenvalue weighted by Crippen LogP contribution is 2.08. The van der Waals surface area contributed by atoms with Gasteiger partial charge in [0.25, 0.3) is 0 Å². The maximum absolute atomic E-state index is 3.90. The first-order valence-corrected chi connectivity index (χ1v) is 3.56. The van der Waals surface area contributed by atoms with Crippen molar-refractivity contribution in [1.82, 2.24) is 0 Å². The van der Waals surface area contributed by atoms with Crippen molar-refractivity contribution in [2.45, 2.75) is 28.2 Å². The maximum Gasteiger partial charge on any atom is -0.0225 e. The molecule has 0 nitrogen and oxygen atoms in total. The van der Waals surface area contributed by atoms with Gasteiger partial charge in [0, 0.05) is 0 Å². The fourth-order valence-electron chi connectivity index (χ4n) is 0.442. The maximum atomic E-state index is 3.90. The highest BCUT2D eigenvalue weighted by Gasteiger charge is 1.92. The Morgan fingerprint density at radius 3 is 1.91 bits per heavy atom. The van der Waals surface area contributed by atoms with E-state index in [0.717, 1.165) is 11.1 Å². The summed E-state index contributed by atoms with van der Waals surface area (Å²) in [6.07, 6.45) is 4.01. The summed E-state index contributed by atoms with van der Waals surface area (Å²) in [6.45, 7) is 13.9. The van der Waals surface area contributed by atoms with Gasteiger partial charge in [-0.1, -0.05) is 57.7 Å². The molecular formula is C11H20. The van der Waals surface area contributed by atoms with Gasteiger partial charge in [0.1, 0.15) is 0 Å². The molecule has 0 heterocycles. The van der Waals surface area contributed by atoms with E-state index >= 15 is 0 Å². The molecule has 0 rings (SSSR count). The summed E-state index contributed by atoms with van der Waals surface area (Å²) in [5.41, 5.74) is 2.23. The smallest absolute Gasteiger partial charge is 0.0225 e. The van der Waals surface area contributed by atoms with E-state index in [1.807, 2.05) is 19.1 Å². The SMILES string of the molecule is C.C=C(C)/C=C\C(=C)C(C)C. The molecule has 0 aromatic heterocycles. The average molecular weight is 152 g/mol. The van der Waals surface area contributed by atoms with Gasteiger partial charge in [-0.3, -0.25) is 0 Å². The molecule has 0 unspecified atom stereocenters. The van der Waals surface area contributed by atoms with Crippen LogP contribution in [0.2, 0.25) is 0 Å². The third kappa shape index (κ3) is 7.11. The Hall–Kier alpha value is -0.780. The summed E-state index contributed by atoms with van der Waals surface area (Å²) in [5.74, 6) is 0.538. The summed E-state index contributed by atoms with van der Waals surface area (Å²) in [5, 5.41) is 0. The van der Waals surface area contributed by atoms with Gasteiger partial charge in [0.2, 0.25) is 0 Å². The van der Waals surface area contributed by atoms with Gasteiger partial charge in [-0.05, 0) is 12.8 Å². The van der Waals surface area contributed by atoms with E-state index in [2.05, 4.69) is 27.0 Å². The number of hydrogen-bond donors (Lipinski definition) is 0. The summed E-state index contributed by atoms with van der Waals surface area (Å²) in [6, 6.07) is 0. The predicted octanol–water partition coefficient (Wildman–Crippen LogP) is 3.97. The van der Waals surface area contributed by atoms with Gasteiger partial charge in [-0.2, -0.15) is 0 Å². The van der Waals surface area contributed by atoms with E-state index < -0.39 is 0 Å². The van der Waals surface area contributed by atoms with Crippen LogP contribution in [0, 0.1) is 5.92 Å². The van der Waals surface area contributed by atoms with E-state index in [9.17, 15) is 0 Å². The standard InChI is InChI=1S/C10H16.CH4/c1-8(2)6-7-10(5)9(3)4;/h6-7,9H,1,5H2,2-4H3;1H4/b7-6-;. The molecule has 0 aliphatic rings. The zero-order valence-corrected chi connectivity index (χ0v) is 7.15. The summed E-state index contributed by atoms with van der Waals surface area (Å²) < 4.78 is 0. The molecule has 0 heteroatoms. The van der Waals surface area contributed by atoms with Crippen LogP contribution in [-0.2, 0) is 0 Å². The normalized spacial score (nSPS) is 9.82. The van der Waals surface area contributed by atoms with Crippen molar-refractivity contribution < 1.29 is 0 Å². The molecule has 0 radical (unpaired) electrons. The molecule has 0 aliphatic carbocycles. The Kier molecular flexibility index (Phi) is 6.97. The van der Waals surface area contributed by atoms with Gasteiger partial charge < -0.3 is 0 Å². The van der Waals surface area contributed by atoms with Crippen LogP contribution in [0.3, 0.4) is 0 Å². The lowest BCUT2D eigenvalue weighted by molar-refractivity contribution is 0.795. The highest BCUT2D eigenvalue weighted by molar-refractivity contribution is 5.23. The lowest BCUT2D eigenvalue weighted by Crippen LogP contribution is -1.86. The van der Waals surface area contributed by atoms with Crippen molar-refractivity contribution in [3.05, 3.63) is 36.5 Å². The lowest BCUT2D eigenvalue weighted by atomic mass is 10.0. The fourth-order valence-corrected chi connectivity index (χ4v) is 0.442. The lowest BCUT2D eigenvalue weighted by Gasteiger charge is -2.01. The summed E-state index contributed by atoms with van der Waals surface area (Å²) in [4.78, 5) is 0. The van der Waals surface area contributed by atoms with Crippen LogP contribution in [0.5, 0.6) is 0 Å². The summed E-state index contributed by atoms with van der Waals surface area (Å²) >= 11 is 0. The van der Waals surface area contributed by atoms with E-state index in [1.165, 1.54) is 0 Å². The Labute approximate surface area is 71.3 Å². The van der Waals surface area contributed by atoms with Crippen LogP contribution in [-0.4, -0.2) is 0 Å². The van der Waals surface area contributed by atoms with Gasteiger partial charge >= 0.3 is 0 Å².